The van der Waals surface area contributed by atoms with E-state index >= 15 is 0 Å². The van der Waals surface area contributed by atoms with Gasteiger partial charge in [-0.1, -0.05) is 30.3 Å². The second-order valence-corrected chi connectivity index (χ2v) is 6.17. The van der Waals surface area contributed by atoms with E-state index in [1.807, 2.05) is 0 Å². The fraction of sp³-hybridized carbons (Fsp3) is 0.611. The summed E-state index contributed by atoms with van der Waals surface area (Å²) < 4.78 is 0. The number of hydrogen-bond donors (Lipinski definition) is 2. The highest BCUT2D eigenvalue weighted by Gasteiger charge is 2.20. The number of benzene rings is 1. The second-order valence-electron chi connectivity index (χ2n) is 6.17. The summed E-state index contributed by atoms with van der Waals surface area (Å²) in [7, 11) is 2.18. The van der Waals surface area contributed by atoms with Crippen LogP contribution >= 0.6 is 0 Å². The molecule has 1 aromatic carbocycles. The van der Waals surface area contributed by atoms with Crippen molar-refractivity contribution >= 4 is 5.96 Å². The Morgan fingerprint density at radius 2 is 2.00 bits per heavy atom. The average molecular weight is 302 g/mol. The molecule has 0 atom stereocenters. The summed E-state index contributed by atoms with van der Waals surface area (Å²) in [4.78, 5) is 7.01. The zero-order valence-corrected chi connectivity index (χ0v) is 14.0. The summed E-state index contributed by atoms with van der Waals surface area (Å²) in [6.45, 7) is 7.08. The molecule has 2 rings (SSSR count). The Hall–Kier alpha value is -1.55. The molecule has 4 nitrogen and oxygen atoms in total. The minimum absolute atomic E-state index is 0.840. The summed E-state index contributed by atoms with van der Waals surface area (Å²) in [5.74, 6) is 1.81. The number of hydrogen-bond acceptors (Lipinski definition) is 2. The standard InChI is InChI=1S/C18H30N4/c1-3-19-18(21-14-16-10-11-16)20-12-7-13-22(2)15-17-8-5-4-6-9-17/h4-6,8-9,16H,3,7,10-15H2,1-2H3,(H2,19,20,21). The maximum absolute atomic E-state index is 4.64. The third-order valence-electron chi connectivity index (χ3n) is 3.85. The van der Waals surface area contributed by atoms with Crippen LogP contribution < -0.4 is 10.6 Å². The van der Waals surface area contributed by atoms with E-state index in [0.29, 0.717) is 0 Å². The van der Waals surface area contributed by atoms with Crippen LogP contribution in [-0.2, 0) is 6.54 Å². The van der Waals surface area contributed by atoms with Crippen molar-refractivity contribution in [1.29, 1.82) is 0 Å². The molecule has 1 aliphatic rings. The molecule has 0 radical (unpaired) electrons. The van der Waals surface area contributed by atoms with Gasteiger partial charge in [0.15, 0.2) is 5.96 Å². The molecule has 0 aliphatic heterocycles. The Balaban J connectivity index is 1.61. The molecular formula is C18H30N4. The van der Waals surface area contributed by atoms with Gasteiger partial charge in [-0.05, 0) is 51.3 Å². The van der Waals surface area contributed by atoms with Gasteiger partial charge in [-0.15, -0.1) is 0 Å². The number of rotatable bonds is 9. The van der Waals surface area contributed by atoms with E-state index in [-0.39, 0.29) is 0 Å². The largest absolute Gasteiger partial charge is 0.357 e. The minimum atomic E-state index is 0.840. The molecular weight excluding hydrogens is 272 g/mol. The zero-order chi connectivity index (χ0) is 15.6. The molecule has 0 unspecified atom stereocenters. The molecule has 0 aromatic heterocycles. The zero-order valence-electron chi connectivity index (χ0n) is 14.0. The smallest absolute Gasteiger partial charge is 0.191 e. The molecule has 2 N–H and O–H groups in total. The predicted octanol–water partition coefficient (Wildman–Crippen LogP) is 2.47. The molecule has 0 bridgehead atoms. The van der Waals surface area contributed by atoms with Crippen LogP contribution in [-0.4, -0.2) is 44.1 Å². The van der Waals surface area contributed by atoms with Gasteiger partial charge in [-0.25, -0.2) is 0 Å². The molecule has 0 saturated heterocycles. The first-order valence-electron chi connectivity index (χ1n) is 8.52. The highest BCUT2D eigenvalue weighted by Crippen LogP contribution is 2.28. The number of nitrogens with zero attached hydrogens (tertiary/aromatic N) is 2. The topological polar surface area (TPSA) is 39.7 Å². The van der Waals surface area contributed by atoms with Gasteiger partial charge < -0.3 is 15.5 Å². The summed E-state index contributed by atoms with van der Waals surface area (Å²) >= 11 is 0. The summed E-state index contributed by atoms with van der Waals surface area (Å²) in [6, 6.07) is 10.6. The van der Waals surface area contributed by atoms with Crippen LogP contribution in [0.1, 0.15) is 31.7 Å². The van der Waals surface area contributed by atoms with E-state index in [1.54, 1.807) is 0 Å². The highest BCUT2D eigenvalue weighted by molar-refractivity contribution is 5.79. The van der Waals surface area contributed by atoms with Crippen molar-refractivity contribution in [3.05, 3.63) is 35.9 Å². The molecule has 4 heteroatoms. The van der Waals surface area contributed by atoms with Crippen LogP contribution in [0.3, 0.4) is 0 Å². The van der Waals surface area contributed by atoms with E-state index in [9.17, 15) is 0 Å². The van der Waals surface area contributed by atoms with Gasteiger partial charge in [0, 0.05) is 26.2 Å². The molecule has 0 heterocycles. The molecule has 122 valence electrons. The van der Waals surface area contributed by atoms with Gasteiger partial charge in [0.1, 0.15) is 0 Å². The number of aliphatic imine (C=N–C) groups is 1. The predicted molar refractivity (Wildman–Crippen MR) is 94.1 cm³/mol. The quantitative estimate of drug-likeness (QED) is 0.418. The monoisotopic (exact) mass is 302 g/mol. The third-order valence-corrected chi connectivity index (χ3v) is 3.85. The maximum atomic E-state index is 4.64. The SMILES string of the molecule is CCNC(=NCC1CC1)NCCCN(C)Cc1ccccc1. The van der Waals surface area contributed by atoms with E-state index < -0.39 is 0 Å². The van der Waals surface area contributed by atoms with Crippen molar-refractivity contribution < 1.29 is 0 Å². The lowest BCUT2D eigenvalue weighted by molar-refractivity contribution is 0.322. The molecule has 1 saturated carbocycles. The van der Waals surface area contributed by atoms with Gasteiger partial charge in [0.25, 0.3) is 0 Å². The van der Waals surface area contributed by atoms with E-state index in [1.165, 1.54) is 18.4 Å². The summed E-state index contributed by atoms with van der Waals surface area (Å²) in [6.07, 6.45) is 3.83. The molecule has 0 amide bonds. The Bertz CT molecular complexity index is 440. The fourth-order valence-electron chi connectivity index (χ4n) is 2.39. The lowest BCUT2D eigenvalue weighted by Gasteiger charge is -2.17. The van der Waals surface area contributed by atoms with Gasteiger partial charge in [-0.2, -0.15) is 0 Å². The number of nitrogens with one attached hydrogen (secondary N) is 2. The van der Waals surface area contributed by atoms with Crippen molar-refractivity contribution in [2.75, 3.05) is 33.2 Å². The lowest BCUT2D eigenvalue weighted by atomic mass is 10.2. The van der Waals surface area contributed by atoms with Crippen molar-refractivity contribution in [3.8, 4) is 0 Å². The summed E-state index contributed by atoms with van der Waals surface area (Å²) in [5, 5.41) is 6.75. The highest BCUT2D eigenvalue weighted by atomic mass is 15.2. The van der Waals surface area contributed by atoms with Crippen molar-refractivity contribution in [2.45, 2.75) is 32.7 Å². The van der Waals surface area contributed by atoms with E-state index in [0.717, 1.165) is 51.0 Å². The summed E-state index contributed by atoms with van der Waals surface area (Å²) in [5.41, 5.74) is 1.37. The van der Waals surface area contributed by atoms with Crippen LogP contribution in [0.2, 0.25) is 0 Å². The molecule has 1 fully saturated rings. The van der Waals surface area contributed by atoms with Crippen LogP contribution in [0.15, 0.2) is 35.3 Å². The molecule has 1 aromatic rings. The lowest BCUT2D eigenvalue weighted by Crippen LogP contribution is -2.38. The van der Waals surface area contributed by atoms with Crippen molar-refractivity contribution in [1.82, 2.24) is 15.5 Å². The first kappa shape index (κ1) is 16.8. The first-order valence-corrected chi connectivity index (χ1v) is 8.52. The first-order chi connectivity index (χ1) is 10.8. The van der Waals surface area contributed by atoms with Crippen molar-refractivity contribution in [2.24, 2.45) is 10.9 Å². The third kappa shape index (κ3) is 6.94. The Labute approximate surface area is 135 Å². The molecule has 1 aliphatic carbocycles. The Kier molecular flexibility index (Phi) is 7.23. The van der Waals surface area contributed by atoms with Gasteiger partial charge >= 0.3 is 0 Å². The van der Waals surface area contributed by atoms with Crippen LogP contribution in [0.5, 0.6) is 0 Å². The van der Waals surface area contributed by atoms with Crippen LogP contribution in [0.25, 0.3) is 0 Å². The molecule has 22 heavy (non-hydrogen) atoms. The van der Waals surface area contributed by atoms with Gasteiger partial charge in [0.05, 0.1) is 0 Å². The second kappa shape index (κ2) is 9.46. The fourth-order valence-corrected chi connectivity index (χ4v) is 2.39. The Morgan fingerprint density at radius 1 is 1.23 bits per heavy atom. The normalized spacial score (nSPS) is 15.1. The van der Waals surface area contributed by atoms with Gasteiger partial charge in [-0.3, -0.25) is 4.99 Å². The minimum Gasteiger partial charge on any atom is -0.357 e. The van der Waals surface area contributed by atoms with Crippen molar-refractivity contribution in [3.63, 3.8) is 0 Å². The van der Waals surface area contributed by atoms with E-state index in [2.05, 4.69) is 64.8 Å². The van der Waals surface area contributed by atoms with E-state index in [4.69, 9.17) is 0 Å². The number of guanidine groups is 1. The van der Waals surface area contributed by atoms with Gasteiger partial charge in [0.2, 0.25) is 0 Å². The van der Waals surface area contributed by atoms with Crippen LogP contribution in [0.4, 0.5) is 0 Å². The molecule has 0 spiro atoms. The van der Waals surface area contributed by atoms with Crippen LogP contribution in [0, 0.1) is 5.92 Å². The average Bonchev–Trinajstić information content (AvgIpc) is 3.34. The maximum Gasteiger partial charge on any atom is 0.191 e. The Morgan fingerprint density at radius 3 is 2.68 bits per heavy atom.